The zero-order chi connectivity index (χ0) is 11.4. The molecule has 0 amide bonds. The van der Waals surface area contributed by atoms with Gasteiger partial charge in [0.05, 0.1) is 6.54 Å². The number of hydrogen-bond donors (Lipinski definition) is 1. The Morgan fingerprint density at radius 1 is 1.29 bits per heavy atom. The summed E-state index contributed by atoms with van der Waals surface area (Å²) in [5.74, 6) is -0.223. The van der Waals surface area contributed by atoms with Gasteiger partial charge in [-0.15, -0.1) is 0 Å². The van der Waals surface area contributed by atoms with Crippen molar-refractivity contribution in [1.82, 2.24) is 5.32 Å². The summed E-state index contributed by atoms with van der Waals surface area (Å²) in [6.07, 6.45) is 0.732. The van der Waals surface area contributed by atoms with Crippen LogP contribution in [-0.2, 0) is 9.53 Å². The zero-order valence-electron chi connectivity index (χ0n) is 9.94. The Balaban J connectivity index is 3.87. The van der Waals surface area contributed by atoms with Crippen molar-refractivity contribution < 1.29 is 9.53 Å². The molecule has 0 aromatic carbocycles. The van der Waals surface area contributed by atoms with E-state index in [4.69, 9.17) is 4.74 Å². The molecule has 0 heterocycles. The molecule has 0 bridgehead atoms. The molecule has 0 saturated carbocycles. The molecule has 0 spiro atoms. The number of carbonyl (C=O) groups excluding carboxylic acids is 1. The van der Waals surface area contributed by atoms with Crippen molar-refractivity contribution >= 4 is 5.97 Å². The third-order valence-corrected chi connectivity index (χ3v) is 1.76. The van der Waals surface area contributed by atoms with Crippen LogP contribution in [0.4, 0.5) is 0 Å². The first kappa shape index (κ1) is 13.4. The largest absolute Gasteiger partial charge is 0.459 e. The first-order valence-corrected chi connectivity index (χ1v) is 4.92. The summed E-state index contributed by atoms with van der Waals surface area (Å²) in [6.45, 7) is 13.6. The predicted molar refractivity (Wildman–Crippen MR) is 57.9 cm³/mol. The van der Waals surface area contributed by atoms with E-state index < -0.39 is 5.60 Å². The highest BCUT2D eigenvalue weighted by atomic mass is 16.6. The molecule has 0 aliphatic heterocycles. The third kappa shape index (κ3) is 6.89. The van der Waals surface area contributed by atoms with Crippen molar-refractivity contribution in [3.8, 4) is 0 Å². The molecule has 0 aliphatic carbocycles. The molecule has 1 radical (unpaired) electrons. The molecular formula is C11H22NO2. The number of esters is 1. The van der Waals surface area contributed by atoms with Crippen molar-refractivity contribution in [2.45, 2.75) is 52.2 Å². The van der Waals surface area contributed by atoms with Crippen LogP contribution in [0.15, 0.2) is 0 Å². The van der Waals surface area contributed by atoms with Gasteiger partial charge in [-0.1, -0.05) is 6.92 Å². The van der Waals surface area contributed by atoms with Gasteiger partial charge in [0.2, 0.25) is 0 Å². The minimum atomic E-state index is -0.409. The average Bonchev–Trinajstić information content (AvgIpc) is 1.98. The summed E-state index contributed by atoms with van der Waals surface area (Å²) in [5.41, 5.74) is -0.524. The lowest BCUT2D eigenvalue weighted by Crippen LogP contribution is -2.43. The van der Waals surface area contributed by atoms with E-state index in [1.54, 1.807) is 0 Å². The molecule has 0 aliphatic rings. The van der Waals surface area contributed by atoms with Gasteiger partial charge in [-0.3, -0.25) is 4.79 Å². The highest BCUT2D eigenvalue weighted by molar-refractivity contribution is 5.72. The van der Waals surface area contributed by atoms with E-state index in [2.05, 4.69) is 12.2 Å². The zero-order valence-corrected chi connectivity index (χ0v) is 9.94. The topological polar surface area (TPSA) is 38.3 Å². The van der Waals surface area contributed by atoms with Crippen molar-refractivity contribution in [2.75, 3.05) is 6.54 Å². The minimum Gasteiger partial charge on any atom is -0.459 e. The van der Waals surface area contributed by atoms with Gasteiger partial charge in [0.15, 0.2) is 0 Å². The fourth-order valence-electron chi connectivity index (χ4n) is 0.777. The van der Waals surface area contributed by atoms with Crippen LogP contribution in [0.5, 0.6) is 0 Å². The number of nitrogens with one attached hydrogen (secondary N) is 1. The molecule has 0 saturated heterocycles. The highest BCUT2D eigenvalue weighted by Gasteiger charge is 2.19. The fourth-order valence-corrected chi connectivity index (χ4v) is 0.777. The number of carbonyl (C=O) groups is 1. The molecule has 0 rings (SSSR count). The first-order chi connectivity index (χ1) is 6.16. The molecule has 0 fully saturated rings. The Bertz CT molecular complexity index is 192. The molecule has 0 atom stereocenters. The van der Waals surface area contributed by atoms with Gasteiger partial charge >= 0.3 is 5.97 Å². The van der Waals surface area contributed by atoms with Crippen molar-refractivity contribution in [1.29, 1.82) is 0 Å². The van der Waals surface area contributed by atoms with Gasteiger partial charge in [0.25, 0.3) is 0 Å². The van der Waals surface area contributed by atoms with Gasteiger partial charge in [-0.25, -0.2) is 0 Å². The second-order valence-corrected chi connectivity index (χ2v) is 5.07. The third-order valence-electron chi connectivity index (χ3n) is 1.76. The standard InChI is InChI=1S/C11H22NO2/c1-7-11(5,6)12-8-9(13)14-10(2,3)4/h12H,1,7-8H2,2-6H3. The van der Waals surface area contributed by atoms with Crippen LogP contribution in [0.2, 0.25) is 0 Å². The molecule has 0 unspecified atom stereocenters. The number of hydrogen-bond acceptors (Lipinski definition) is 3. The first-order valence-electron chi connectivity index (χ1n) is 4.92. The van der Waals surface area contributed by atoms with Crippen LogP contribution < -0.4 is 5.32 Å². The molecule has 14 heavy (non-hydrogen) atoms. The summed E-state index contributed by atoms with van der Waals surface area (Å²) in [7, 11) is 0. The van der Waals surface area contributed by atoms with Crippen molar-refractivity contribution in [3.05, 3.63) is 6.92 Å². The maximum Gasteiger partial charge on any atom is 0.320 e. The van der Waals surface area contributed by atoms with Crippen molar-refractivity contribution in [2.24, 2.45) is 0 Å². The number of rotatable bonds is 4. The molecule has 83 valence electrons. The molecule has 1 N–H and O–H groups in total. The highest BCUT2D eigenvalue weighted by Crippen LogP contribution is 2.08. The van der Waals surface area contributed by atoms with Crippen LogP contribution in [0.25, 0.3) is 0 Å². The smallest absolute Gasteiger partial charge is 0.320 e. The van der Waals surface area contributed by atoms with Gasteiger partial charge in [-0.05, 0) is 41.0 Å². The Morgan fingerprint density at radius 2 is 1.79 bits per heavy atom. The summed E-state index contributed by atoms with van der Waals surface area (Å²) in [4.78, 5) is 11.3. The summed E-state index contributed by atoms with van der Waals surface area (Å²) >= 11 is 0. The van der Waals surface area contributed by atoms with E-state index >= 15 is 0 Å². The van der Waals surface area contributed by atoms with E-state index in [-0.39, 0.29) is 18.1 Å². The molecular weight excluding hydrogens is 178 g/mol. The minimum absolute atomic E-state index is 0.114. The molecule has 0 aromatic rings. The maximum atomic E-state index is 11.3. The lowest BCUT2D eigenvalue weighted by Gasteiger charge is -2.25. The van der Waals surface area contributed by atoms with E-state index in [0.717, 1.165) is 6.42 Å². The fraction of sp³-hybridized carbons (Fsp3) is 0.818. The predicted octanol–water partition coefficient (Wildman–Crippen LogP) is 1.92. The molecule has 0 aromatic heterocycles. The SMILES string of the molecule is [CH2]CC(C)(C)NCC(=O)OC(C)(C)C. The Labute approximate surface area is 87.2 Å². The van der Waals surface area contributed by atoms with E-state index in [1.165, 1.54) is 0 Å². The summed E-state index contributed by atoms with van der Waals surface area (Å²) in [5, 5.41) is 3.09. The van der Waals surface area contributed by atoms with Crippen LogP contribution in [0.3, 0.4) is 0 Å². The Kier molecular flexibility index (Phi) is 4.59. The normalized spacial score (nSPS) is 12.7. The summed E-state index contributed by atoms with van der Waals surface area (Å²) < 4.78 is 5.16. The Morgan fingerprint density at radius 3 is 2.14 bits per heavy atom. The lowest BCUT2D eigenvalue weighted by atomic mass is 10.0. The lowest BCUT2D eigenvalue weighted by molar-refractivity contribution is -0.154. The van der Waals surface area contributed by atoms with E-state index in [0.29, 0.717) is 0 Å². The van der Waals surface area contributed by atoms with Crippen LogP contribution >= 0.6 is 0 Å². The monoisotopic (exact) mass is 200 g/mol. The number of ether oxygens (including phenoxy) is 1. The van der Waals surface area contributed by atoms with E-state index in [1.807, 2.05) is 34.6 Å². The second-order valence-electron chi connectivity index (χ2n) is 5.07. The van der Waals surface area contributed by atoms with Crippen LogP contribution in [0.1, 0.15) is 41.0 Å². The van der Waals surface area contributed by atoms with E-state index in [9.17, 15) is 4.79 Å². The van der Waals surface area contributed by atoms with Gasteiger partial charge in [-0.2, -0.15) is 0 Å². The quantitative estimate of drug-likeness (QED) is 0.705. The Hall–Kier alpha value is -0.570. The van der Waals surface area contributed by atoms with Crippen LogP contribution in [0, 0.1) is 6.92 Å². The van der Waals surface area contributed by atoms with Crippen LogP contribution in [-0.4, -0.2) is 23.7 Å². The summed E-state index contributed by atoms with van der Waals surface area (Å²) in [6, 6.07) is 0. The second kappa shape index (κ2) is 4.78. The van der Waals surface area contributed by atoms with Crippen molar-refractivity contribution in [3.63, 3.8) is 0 Å². The molecule has 3 nitrogen and oxygen atoms in total. The maximum absolute atomic E-state index is 11.3. The molecule has 3 heteroatoms. The van der Waals surface area contributed by atoms with Gasteiger partial charge in [0.1, 0.15) is 5.60 Å². The van der Waals surface area contributed by atoms with Gasteiger partial charge in [0, 0.05) is 5.54 Å². The van der Waals surface area contributed by atoms with Gasteiger partial charge < -0.3 is 10.1 Å². The average molecular weight is 200 g/mol.